The number of aliphatic hydroxyl groups excluding tert-OH is 3. The van der Waals surface area contributed by atoms with E-state index < -0.39 is 36.8 Å². The van der Waals surface area contributed by atoms with E-state index in [9.17, 15) is 29.7 Å². The Labute approximate surface area is 420 Å². The second-order valence-electron chi connectivity index (χ2n) is 19.8. The molecule has 3 heterocycles. The summed E-state index contributed by atoms with van der Waals surface area (Å²) in [6, 6.07) is 4.91. The van der Waals surface area contributed by atoms with Crippen molar-refractivity contribution >= 4 is 17.9 Å². The van der Waals surface area contributed by atoms with Gasteiger partial charge < -0.3 is 72.2 Å². The minimum atomic E-state index is -1.17. The Balaban J connectivity index is 0.000000145. The summed E-state index contributed by atoms with van der Waals surface area (Å²) in [6.45, 7) is 1.81. The van der Waals surface area contributed by atoms with Crippen LogP contribution in [0.2, 0.25) is 0 Å². The molecule has 5 fully saturated rings. The molecule has 3 aliphatic heterocycles. The number of methoxy groups -OCH3 is 6. The van der Waals surface area contributed by atoms with Crippen molar-refractivity contribution in [2.24, 2.45) is 23.2 Å². The smallest absolute Gasteiger partial charge is 0.341 e. The van der Waals surface area contributed by atoms with Gasteiger partial charge in [0.2, 0.25) is 36.1 Å². The molecule has 3 atom stereocenters. The molecule has 11 rings (SSSR count). The van der Waals surface area contributed by atoms with E-state index in [1.54, 1.807) is 25.3 Å². The van der Waals surface area contributed by atoms with Gasteiger partial charge in [-0.25, -0.2) is 14.4 Å². The SMILES string of the molecule is COc1c(OCC23CC(C2)C3)cc2c(c1OC)CC(O)OC2=O.COc1c(OCC2CCCCC2)cc2c(c1OC)CC(O)OC2=O.COc1c(OCC2CCCCCC2)cc2c(c1OC)CC(O)OC2=O. The summed E-state index contributed by atoms with van der Waals surface area (Å²) in [4.78, 5) is 36.3. The monoisotopic (exact) mass is 1010 g/mol. The Kier molecular flexibility index (Phi) is 17.0. The molecule has 3 unspecified atom stereocenters. The molecule has 72 heavy (non-hydrogen) atoms. The van der Waals surface area contributed by atoms with E-state index >= 15 is 0 Å². The van der Waals surface area contributed by atoms with E-state index in [0.29, 0.717) is 122 Å². The molecule has 8 aliphatic rings. The first-order valence-electron chi connectivity index (χ1n) is 25.2. The van der Waals surface area contributed by atoms with Crippen LogP contribution in [0.25, 0.3) is 0 Å². The lowest BCUT2D eigenvalue weighted by Gasteiger charge is -2.61. The number of benzene rings is 3. The van der Waals surface area contributed by atoms with Crippen LogP contribution in [0.15, 0.2) is 18.2 Å². The lowest BCUT2D eigenvalue weighted by Crippen LogP contribution is -2.55. The van der Waals surface area contributed by atoms with Crippen LogP contribution in [0.5, 0.6) is 51.7 Å². The number of rotatable bonds is 15. The number of hydrogen-bond donors (Lipinski definition) is 3. The number of ether oxygens (including phenoxy) is 12. The summed E-state index contributed by atoms with van der Waals surface area (Å²) >= 11 is 0. The zero-order valence-corrected chi connectivity index (χ0v) is 42.3. The van der Waals surface area contributed by atoms with Crippen molar-refractivity contribution in [2.75, 3.05) is 62.5 Å². The number of hydrogen-bond acceptors (Lipinski definition) is 18. The highest BCUT2D eigenvalue weighted by Crippen LogP contribution is 2.64. The number of carbonyl (C=O) groups excluding carboxylic acids is 3. The molecule has 0 saturated heterocycles. The lowest BCUT2D eigenvalue weighted by molar-refractivity contribution is -0.132. The fraction of sp³-hybridized carbons (Fsp3) is 0.611. The zero-order valence-electron chi connectivity index (χ0n) is 42.3. The fourth-order valence-corrected chi connectivity index (χ4v) is 11.2. The quantitative estimate of drug-likeness (QED) is 0.0754. The van der Waals surface area contributed by atoms with Gasteiger partial charge in [0.05, 0.1) is 79.2 Å². The van der Waals surface area contributed by atoms with Crippen LogP contribution in [0.1, 0.15) is 138 Å². The molecular formula is C54H70O18. The normalized spacial score (nSPS) is 24.0. The van der Waals surface area contributed by atoms with Gasteiger partial charge in [0.25, 0.3) is 0 Å². The van der Waals surface area contributed by atoms with Crippen LogP contribution in [0.4, 0.5) is 0 Å². The predicted molar refractivity (Wildman–Crippen MR) is 258 cm³/mol. The average molecular weight is 1010 g/mol. The Bertz CT molecular complexity index is 2400. The van der Waals surface area contributed by atoms with Crippen LogP contribution < -0.4 is 42.6 Å². The second-order valence-corrected chi connectivity index (χ2v) is 19.8. The Morgan fingerprint density at radius 1 is 0.458 bits per heavy atom. The average Bonchev–Trinajstić information content (AvgIpc) is 3.63. The van der Waals surface area contributed by atoms with Crippen molar-refractivity contribution in [3.8, 4) is 51.7 Å². The molecule has 18 heteroatoms. The van der Waals surface area contributed by atoms with Crippen LogP contribution in [0.3, 0.4) is 0 Å². The topological polar surface area (TPSA) is 223 Å². The lowest BCUT2D eigenvalue weighted by atomic mass is 9.45. The maximum absolute atomic E-state index is 12.1. The maximum Gasteiger partial charge on any atom is 0.341 e. The standard InChI is InChI=1S/C19H26O6.C18H24O6.C17H20O6/c1-22-17-13-10-16(20)25-19(21)14(13)9-15(18(17)23-2)24-11-12-7-5-3-4-6-8-12;1-21-16-12-9-15(19)24-18(20)13(12)8-14(17(16)22-2)23-10-11-6-4-3-5-7-11;1-20-14-10-4-13(18)23-16(19)11(10)3-12(15(14)21-2)22-8-17-5-9(6-17)7-17/h9,12,16,20H,3-8,10-11H2,1-2H3;8,11,15,19H,3-7,9-10H2,1-2H3;3,9,13,18H,4-8H2,1-2H3. The van der Waals surface area contributed by atoms with Crippen molar-refractivity contribution in [2.45, 2.75) is 128 Å². The molecule has 18 nitrogen and oxygen atoms in total. The summed E-state index contributed by atoms with van der Waals surface area (Å²) < 4.78 is 65.4. The highest BCUT2D eigenvalue weighted by Gasteiger charge is 2.57. The number of esters is 3. The molecular weight excluding hydrogens is 937 g/mol. The summed E-state index contributed by atoms with van der Waals surface area (Å²) in [5, 5.41) is 29.1. The van der Waals surface area contributed by atoms with E-state index in [1.807, 2.05) is 0 Å². The molecule has 5 saturated carbocycles. The summed E-state index contributed by atoms with van der Waals surface area (Å²) in [7, 11) is 9.15. The van der Waals surface area contributed by atoms with Crippen molar-refractivity contribution in [3.63, 3.8) is 0 Å². The van der Waals surface area contributed by atoms with Gasteiger partial charge in [-0.2, -0.15) is 0 Å². The molecule has 0 spiro atoms. The minimum absolute atomic E-state index is 0.170. The third-order valence-electron chi connectivity index (χ3n) is 15.0. The molecule has 5 aliphatic carbocycles. The molecule has 2 bridgehead atoms. The van der Waals surface area contributed by atoms with Gasteiger partial charge in [-0.05, 0) is 80.9 Å². The molecule has 0 radical (unpaired) electrons. The number of cyclic esters (lactones) is 3. The zero-order chi connectivity index (χ0) is 51.1. The first-order valence-corrected chi connectivity index (χ1v) is 25.2. The van der Waals surface area contributed by atoms with Crippen molar-refractivity contribution in [3.05, 3.63) is 51.6 Å². The van der Waals surface area contributed by atoms with E-state index in [1.165, 1.54) is 125 Å². The van der Waals surface area contributed by atoms with E-state index in [-0.39, 0.29) is 19.3 Å². The van der Waals surface area contributed by atoms with Crippen LogP contribution in [0, 0.1) is 23.2 Å². The number of carbonyl (C=O) groups is 3. The number of fused-ring (bicyclic) bond motifs is 3. The minimum Gasteiger partial charge on any atom is -0.492 e. The third-order valence-corrected chi connectivity index (χ3v) is 15.0. The maximum atomic E-state index is 12.1. The first-order chi connectivity index (χ1) is 34.8. The predicted octanol–water partition coefficient (Wildman–Crippen LogP) is 7.69. The molecule has 3 N–H and O–H groups in total. The van der Waals surface area contributed by atoms with E-state index in [0.717, 1.165) is 5.92 Å². The van der Waals surface area contributed by atoms with Gasteiger partial charge in [-0.15, -0.1) is 0 Å². The summed E-state index contributed by atoms with van der Waals surface area (Å²) in [5.74, 6) is 4.28. The van der Waals surface area contributed by atoms with Gasteiger partial charge in [-0.1, -0.05) is 44.9 Å². The van der Waals surface area contributed by atoms with Crippen molar-refractivity contribution in [1.82, 2.24) is 0 Å². The van der Waals surface area contributed by atoms with Crippen LogP contribution >= 0.6 is 0 Å². The highest BCUT2D eigenvalue weighted by atomic mass is 16.6. The molecule has 394 valence electrons. The van der Waals surface area contributed by atoms with Crippen molar-refractivity contribution < 1.29 is 86.5 Å². The van der Waals surface area contributed by atoms with Gasteiger partial charge in [0, 0.05) is 41.4 Å². The Morgan fingerprint density at radius 2 is 0.764 bits per heavy atom. The number of aliphatic hydroxyl groups is 3. The second kappa shape index (κ2) is 23.4. The third kappa shape index (κ3) is 11.3. The van der Waals surface area contributed by atoms with Gasteiger partial charge in [0.1, 0.15) is 0 Å². The molecule has 3 aromatic carbocycles. The molecule has 0 aromatic heterocycles. The summed E-state index contributed by atoms with van der Waals surface area (Å²) in [6.07, 6.45) is 14.2. The Hall–Kier alpha value is -5.85. The van der Waals surface area contributed by atoms with Crippen LogP contribution in [-0.4, -0.2) is 115 Å². The molecule has 3 aromatic rings. The fourth-order valence-electron chi connectivity index (χ4n) is 11.2. The highest BCUT2D eigenvalue weighted by molar-refractivity contribution is 5.96. The summed E-state index contributed by atoms with van der Waals surface area (Å²) in [5.41, 5.74) is 3.16. The molecule has 0 amide bonds. The van der Waals surface area contributed by atoms with Gasteiger partial charge in [0.15, 0.2) is 34.5 Å². The van der Waals surface area contributed by atoms with Crippen molar-refractivity contribution in [1.29, 1.82) is 0 Å². The van der Waals surface area contributed by atoms with Crippen LogP contribution in [-0.2, 0) is 33.5 Å². The largest absolute Gasteiger partial charge is 0.492 e. The van der Waals surface area contributed by atoms with E-state index in [2.05, 4.69) is 0 Å². The van der Waals surface area contributed by atoms with Gasteiger partial charge >= 0.3 is 17.9 Å². The van der Waals surface area contributed by atoms with E-state index in [4.69, 9.17) is 56.8 Å². The first kappa shape index (κ1) is 52.5. The Morgan fingerprint density at radius 3 is 1.06 bits per heavy atom. The van der Waals surface area contributed by atoms with Gasteiger partial charge in [-0.3, -0.25) is 0 Å².